The fourth-order valence-corrected chi connectivity index (χ4v) is 7.52. The molecule has 6 atom stereocenters. The van der Waals surface area contributed by atoms with Gasteiger partial charge in [-0.1, -0.05) is 132 Å². The number of halogens is 8. The molecule has 398 valence electrons. The highest BCUT2D eigenvalue weighted by Gasteiger charge is 2.65. The summed E-state index contributed by atoms with van der Waals surface area (Å²) in [6, 6.07) is 19.7. The molecule has 11 nitrogen and oxygen atoms in total. The smallest absolute Gasteiger partial charge is 0.406 e. The maximum atomic E-state index is 12.1. The number of nitrogens with one attached hydrogen (secondary N) is 4. The lowest BCUT2D eigenvalue weighted by molar-refractivity contribution is -0.274. The van der Waals surface area contributed by atoms with Gasteiger partial charge in [0.1, 0.15) is 22.9 Å². The standard InChI is InChI=1S/2C18H28N2O3.C8H7F3O.C7H7F5S/c2*1-5-12(3)13-8-7-9-14(16(22)11-21)18(13)15(19-4)10-20-17(23)6-2;1-6-2-4-7(5-3-6)12-8(9,10)11;1-6-2-4-7(5-3-6)13(8,9,10,11)12/h2*6-9,12,15-16,19,21-22H,2,5,10-11H2,1,3-4H3,(H,20,23);2-5H,1H3;2-5H,1H3. The van der Waals surface area contributed by atoms with E-state index in [9.17, 15) is 62.6 Å². The third kappa shape index (κ3) is 21.9. The summed E-state index contributed by atoms with van der Waals surface area (Å²) in [5.74, 6) is -0.0530. The Morgan fingerprint density at radius 1 is 0.634 bits per heavy atom. The Balaban J connectivity index is 0.000000492. The molecule has 0 bridgehead atoms. The topological polar surface area (TPSA) is 172 Å². The number of ether oxygens (including phenoxy) is 1. The number of hydrogen-bond donors (Lipinski definition) is 8. The lowest BCUT2D eigenvalue weighted by Gasteiger charge is -2.40. The third-order valence-electron chi connectivity index (χ3n) is 11.1. The van der Waals surface area contributed by atoms with Gasteiger partial charge in [-0.2, -0.15) is 0 Å². The molecule has 0 saturated heterocycles. The van der Waals surface area contributed by atoms with Gasteiger partial charge < -0.3 is 46.4 Å². The van der Waals surface area contributed by atoms with E-state index >= 15 is 0 Å². The van der Waals surface area contributed by atoms with Crippen LogP contribution in [0.3, 0.4) is 0 Å². The summed E-state index contributed by atoms with van der Waals surface area (Å²) in [5, 5.41) is 51.0. The zero-order valence-electron chi connectivity index (χ0n) is 41.3. The minimum atomic E-state index is -9.45. The van der Waals surface area contributed by atoms with Crippen molar-refractivity contribution >= 4 is 22.0 Å². The predicted molar refractivity (Wildman–Crippen MR) is 265 cm³/mol. The number of aryl methyl sites for hydroxylation is 2. The Bertz CT molecular complexity index is 2140. The Hall–Kier alpha value is -5.35. The monoisotopic (exact) mass is 1030 g/mol. The first-order valence-corrected chi connectivity index (χ1v) is 24.5. The van der Waals surface area contributed by atoms with E-state index in [1.807, 2.05) is 50.5 Å². The van der Waals surface area contributed by atoms with Crippen LogP contribution in [0.5, 0.6) is 5.75 Å². The van der Waals surface area contributed by atoms with Crippen molar-refractivity contribution in [2.75, 3.05) is 40.4 Å². The molecule has 4 aromatic carbocycles. The second kappa shape index (κ2) is 28.0. The number of carbonyl (C=O) groups excluding carboxylic acids is 2. The summed E-state index contributed by atoms with van der Waals surface area (Å²) in [4.78, 5) is 21.1. The number of hydrogen-bond acceptors (Lipinski definition) is 9. The van der Waals surface area contributed by atoms with E-state index in [2.05, 4.69) is 66.9 Å². The van der Waals surface area contributed by atoms with E-state index in [1.54, 1.807) is 19.1 Å². The average molecular weight is 1040 g/mol. The molecule has 0 spiro atoms. The SMILES string of the molecule is C=CC(=O)NCC(NC)c1c(C(C)CC)cccc1C(O)CO.C=CC(=O)NCC(NC)c1c(C(C)CC)cccc1C(O)CO.Cc1ccc(OC(F)(F)F)cc1.Cc1ccc(S(F)(F)(F)(F)F)cc1. The van der Waals surface area contributed by atoms with Gasteiger partial charge in [-0.25, -0.2) is 0 Å². The van der Waals surface area contributed by atoms with Gasteiger partial charge in [0.15, 0.2) is 0 Å². The summed E-state index contributed by atoms with van der Waals surface area (Å²) in [6.07, 6.45) is -2.11. The zero-order chi connectivity index (χ0) is 54.4. The quantitative estimate of drug-likeness (QED) is 0.0317. The molecule has 0 radical (unpaired) electrons. The second-order valence-corrected chi connectivity index (χ2v) is 18.8. The number of aliphatic hydroxyl groups is 4. The Morgan fingerprint density at radius 2 is 0.972 bits per heavy atom. The number of benzene rings is 4. The third-order valence-corrected chi connectivity index (χ3v) is 12.3. The van der Waals surface area contributed by atoms with Crippen molar-refractivity contribution in [3.05, 3.63) is 155 Å². The molecule has 71 heavy (non-hydrogen) atoms. The van der Waals surface area contributed by atoms with Gasteiger partial charge in [0.2, 0.25) is 11.8 Å². The number of rotatable bonds is 20. The van der Waals surface area contributed by atoms with Gasteiger partial charge in [0.25, 0.3) is 0 Å². The highest BCUT2D eigenvalue weighted by atomic mass is 32.5. The van der Waals surface area contributed by atoms with Crippen LogP contribution in [0.2, 0.25) is 0 Å². The summed E-state index contributed by atoms with van der Waals surface area (Å²) >= 11 is 0. The van der Waals surface area contributed by atoms with E-state index in [4.69, 9.17) is 0 Å². The number of aliphatic hydroxyl groups excluding tert-OH is 4. The van der Waals surface area contributed by atoms with Crippen molar-refractivity contribution in [2.45, 2.75) is 102 Å². The molecule has 20 heteroatoms. The molecule has 6 unspecified atom stereocenters. The minimum Gasteiger partial charge on any atom is -0.406 e. The number of alkyl halides is 3. The molecule has 0 heterocycles. The van der Waals surface area contributed by atoms with Crippen molar-refractivity contribution in [2.24, 2.45) is 0 Å². The normalized spacial score (nSPS) is 14.8. The predicted octanol–water partition coefficient (Wildman–Crippen LogP) is 11.1. The Labute approximate surface area is 412 Å². The Kier molecular flexibility index (Phi) is 25.1. The average Bonchev–Trinajstić information content (AvgIpc) is 3.33. The first-order chi connectivity index (χ1) is 32.9. The van der Waals surface area contributed by atoms with Gasteiger partial charge in [-0.05, 0) is 122 Å². The van der Waals surface area contributed by atoms with Crippen molar-refractivity contribution in [1.29, 1.82) is 0 Å². The van der Waals surface area contributed by atoms with Crippen LogP contribution in [-0.2, 0) is 9.59 Å². The van der Waals surface area contributed by atoms with Crippen molar-refractivity contribution in [3.8, 4) is 5.75 Å². The molecule has 0 aliphatic heterocycles. The molecular formula is C51H70F8N4O7S. The highest BCUT2D eigenvalue weighted by molar-refractivity contribution is 8.45. The van der Waals surface area contributed by atoms with Crippen LogP contribution >= 0.6 is 10.2 Å². The molecule has 0 aliphatic rings. The van der Waals surface area contributed by atoms with Crippen molar-refractivity contribution in [3.63, 3.8) is 0 Å². The van der Waals surface area contributed by atoms with Crippen LogP contribution in [0.25, 0.3) is 0 Å². The molecule has 0 aromatic heterocycles. The summed E-state index contributed by atoms with van der Waals surface area (Å²) in [7, 11) is -5.83. The van der Waals surface area contributed by atoms with Gasteiger partial charge in [0, 0.05) is 13.1 Å². The lowest BCUT2D eigenvalue weighted by Crippen LogP contribution is -2.34. The van der Waals surface area contributed by atoms with Gasteiger partial charge in [-0.3, -0.25) is 9.59 Å². The summed E-state index contributed by atoms with van der Waals surface area (Å²) in [5.41, 5.74) is 6.89. The van der Waals surface area contributed by atoms with Crippen LogP contribution < -0.4 is 26.0 Å². The lowest BCUT2D eigenvalue weighted by atomic mass is 9.85. The molecule has 0 fully saturated rings. The number of likely N-dealkylation sites (N-methyl/N-ethyl adjacent to an activating group) is 2. The van der Waals surface area contributed by atoms with Gasteiger partial charge >= 0.3 is 16.6 Å². The van der Waals surface area contributed by atoms with Gasteiger partial charge in [-0.15, -0.1) is 13.2 Å². The van der Waals surface area contributed by atoms with Crippen LogP contribution in [-0.4, -0.2) is 79.0 Å². The molecular weight excluding hydrogens is 965 g/mol. The van der Waals surface area contributed by atoms with E-state index in [-0.39, 0.29) is 42.9 Å². The Morgan fingerprint density at radius 3 is 1.25 bits per heavy atom. The first-order valence-electron chi connectivity index (χ1n) is 22.6. The van der Waals surface area contributed by atoms with E-state index in [0.29, 0.717) is 53.7 Å². The first kappa shape index (κ1) is 63.7. The molecule has 4 aromatic rings. The van der Waals surface area contributed by atoms with E-state index < -0.39 is 33.7 Å². The van der Waals surface area contributed by atoms with E-state index in [0.717, 1.165) is 52.8 Å². The van der Waals surface area contributed by atoms with Crippen LogP contribution in [0.15, 0.2) is 115 Å². The minimum absolute atomic E-state index is 0.166. The largest absolute Gasteiger partial charge is 0.573 e. The maximum Gasteiger partial charge on any atom is 0.573 e. The number of carbonyl (C=O) groups is 2. The van der Waals surface area contributed by atoms with Crippen LogP contribution in [0, 0.1) is 13.8 Å². The highest BCUT2D eigenvalue weighted by Crippen LogP contribution is 3.02. The molecule has 0 saturated carbocycles. The van der Waals surface area contributed by atoms with Gasteiger partial charge in [0.05, 0.1) is 25.3 Å². The molecule has 0 aliphatic carbocycles. The fraction of sp³-hybridized carbons (Fsp3) is 0.412. The molecule has 2 amide bonds. The number of amides is 2. The van der Waals surface area contributed by atoms with Crippen LogP contribution in [0.4, 0.5) is 32.6 Å². The molecule has 4 rings (SSSR count). The van der Waals surface area contributed by atoms with Crippen molar-refractivity contribution < 1.29 is 67.4 Å². The summed E-state index contributed by atoms with van der Waals surface area (Å²) in [6.45, 7) is 18.8. The van der Waals surface area contributed by atoms with Crippen molar-refractivity contribution in [1.82, 2.24) is 21.3 Å². The molecule has 8 N–H and O–H groups in total. The maximum absolute atomic E-state index is 12.1. The zero-order valence-corrected chi connectivity index (χ0v) is 42.1. The van der Waals surface area contributed by atoms with Crippen LogP contribution in [0.1, 0.15) is 121 Å². The second-order valence-electron chi connectivity index (χ2n) is 16.4. The summed E-state index contributed by atoms with van der Waals surface area (Å²) < 4.78 is 98.9. The van der Waals surface area contributed by atoms with E-state index in [1.165, 1.54) is 31.2 Å². The fourth-order valence-electron chi connectivity index (χ4n) is 6.87.